The lowest BCUT2D eigenvalue weighted by Gasteiger charge is -2.21. The van der Waals surface area contributed by atoms with Crippen molar-refractivity contribution in [3.05, 3.63) is 0 Å². The highest BCUT2D eigenvalue weighted by Gasteiger charge is 2.19. The van der Waals surface area contributed by atoms with Crippen molar-refractivity contribution in [3.8, 4) is 0 Å². The maximum atomic E-state index is 6.66. The minimum absolute atomic E-state index is 0.896. The van der Waals surface area contributed by atoms with E-state index in [9.17, 15) is 0 Å². The summed E-state index contributed by atoms with van der Waals surface area (Å²) in [6.45, 7) is 7.83. The highest BCUT2D eigenvalue weighted by molar-refractivity contribution is 8.99. The van der Waals surface area contributed by atoms with Gasteiger partial charge in [0, 0.05) is 11.5 Å². The lowest BCUT2D eigenvalue weighted by Crippen LogP contribution is -1.93. The molecule has 0 amide bonds. The van der Waals surface area contributed by atoms with E-state index < -0.39 is 4.67 Å². The first-order chi connectivity index (χ1) is 29.2. The fourth-order valence-corrected chi connectivity index (χ4v) is 17.1. The maximum absolute atomic E-state index is 6.66. The molecule has 0 aromatic rings. The Kier molecular flexibility index (Phi) is 54.8. The van der Waals surface area contributed by atoms with Gasteiger partial charge in [0.25, 0.3) is 0 Å². The molecule has 356 valence electrons. The van der Waals surface area contributed by atoms with E-state index >= 15 is 0 Å². The van der Waals surface area contributed by atoms with E-state index in [4.69, 9.17) is 16.3 Å². The second-order valence-electron chi connectivity index (χ2n) is 18.9. The lowest BCUT2D eigenvalue weighted by molar-refractivity contribution is 0.347. The van der Waals surface area contributed by atoms with Gasteiger partial charge in [-0.15, -0.1) is 0 Å². The summed E-state index contributed by atoms with van der Waals surface area (Å²) >= 11 is 10.5. The third-order valence-corrected chi connectivity index (χ3v) is 22.6. The minimum atomic E-state index is -1.82. The largest absolute Gasteiger partial charge is 0.334 e. The molecule has 0 heterocycles. The quantitative estimate of drug-likeness (QED) is 0.0444. The van der Waals surface area contributed by atoms with Gasteiger partial charge < -0.3 is 4.52 Å². The van der Waals surface area contributed by atoms with Crippen LogP contribution in [0, 0.1) is 0 Å². The van der Waals surface area contributed by atoms with Crippen LogP contribution in [-0.4, -0.2) is 18.1 Å². The summed E-state index contributed by atoms with van der Waals surface area (Å²) in [5.41, 5.74) is 0. The molecular weight excluding hydrogens is 792 g/mol. The number of hydrogen-bond acceptors (Lipinski definition) is 4. The number of rotatable bonds is 54. The summed E-state index contributed by atoms with van der Waals surface area (Å²) in [4.78, 5) is 0. The first-order valence-corrected chi connectivity index (χ1v) is 33.6. The third-order valence-electron chi connectivity index (χ3n) is 12.7. The van der Waals surface area contributed by atoms with Crippen LogP contribution in [0.2, 0.25) is 0 Å². The van der Waals surface area contributed by atoms with Crippen LogP contribution in [0.5, 0.6) is 0 Å². The maximum Gasteiger partial charge on any atom is 0.174 e. The van der Waals surface area contributed by atoms with E-state index in [1.54, 1.807) is 0 Å². The lowest BCUT2D eigenvalue weighted by atomic mass is 10.0. The summed E-state index contributed by atoms with van der Waals surface area (Å²) in [7, 11) is 0. The highest BCUT2D eigenvalue weighted by atomic mass is 33.2. The summed E-state index contributed by atoms with van der Waals surface area (Å²) in [6, 6.07) is 0. The summed E-state index contributed by atoms with van der Waals surface area (Å²) in [5, 5.41) is 0. The zero-order valence-electron chi connectivity index (χ0n) is 41.1. The monoisotopic (exact) mass is 903 g/mol. The fourth-order valence-electron chi connectivity index (χ4n) is 8.59. The van der Waals surface area contributed by atoms with Crippen LogP contribution in [-0.2, 0) is 16.3 Å². The first kappa shape index (κ1) is 60.3. The van der Waals surface area contributed by atoms with Gasteiger partial charge in [-0.25, -0.2) is 0 Å². The zero-order chi connectivity index (χ0) is 42.7. The van der Waals surface area contributed by atoms with Crippen molar-refractivity contribution in [3.63, 3.8) is 0 Å². The van der Waals surface area contributed by atoms with E-state index in [-0.39, 0.29) is 0 Å². The van der Waals surface area contributed by atoms with Crippen LogP contribution < -0.4 is 0 Å². The van der Waals surface area contributed by atoms with Crippen LogP contribution >= 0.6 is 27.4 Å². The van der Waals surface area contributed by atoms with Gasteiger partial charge in [0.1, 0.15) is 0 Å². The first-order valence-electron chi connectivity index (χ1n) is 27.7. The van der Waals surface area contributed by atoms with Crippen LogP contribution in [0.4, 0.5) is 0 Å². The Morgan fingerprint density at radius 2 is 0.424 bits per heavy atom. The van der Waals surface area contributed by atoms with E-state index in [0.717, 1.165) is 6.61 Å². The molecule has 1 nitrogen and oxygen atoms in total. The van der Waals surface area contributed by atoms with Crippen molar-refractivity contribution < 1.29 is 4.52 Å². The van der Waals surface area contributed by atoms with Crippen molar-refractivity contribution in [2.75, 3.05) is 18.1 Å². The second-order valence-corrected chi connectivity index (χ2v) is 29.6. The highest BCUT2D eigenvalue weighted by Crippen LogP contribution is 2.70. The van der Waals surface area contributed by atoms with Crippen molar-refractivity contribution >= 4 is 39.2 Å². The van der Waals surface area contributed by atoms with E-state index in [2.05, 4.69) is 43.5 Å². The predicted molar refractivity (Wildman–Crippen MR) is 284 cm³/mol. The van der Waals surface area contributed by atoms with Gasteiger partial charge in [-0.05, 0) is 31.1 Å². The van der Waals surface area contributed by atoms with Gasteiger partial charge in [0.2, 0.25) is 0 Å². The summed E-state index contributed by atoms with van der Waals surface area (Å²) in [5.74, 6) is 2.42. The number of hydrogen-bond donors (Lipinski definition) is 0. The predicted octanol–water partition coefficient (Wildman–Crippen LogP) is 22.5. The molecule has 0 fully saturated rings. The van der Waals surface area contributed by atoms with Gasteiger partial charge in [-0.2, -0.15) is 0 Å². The average molecular weight is 904 g/mol. The second kappa shape index (κ2) is 53.6. The topological polar surface area (TPSA) is 9.23 Å². The Bertz CT molecular complexity index is 694. The van der Waals surface area contributed by atoms with Gasteiger partial charge in [0.05, 0.1) is 6.61 Å². The van der Waals surface area contributed by atoms with Crippen molar-refractivity contribution in [1.29, 1.82) is 0 Å². The molecule has 0 bridgehead atoms. The standard InChI is InChI=1S/C54H111OPS3/c1-4-7-10-13-16-19-22-25-28-31-34-37-40-43-46-49-52-55-56(57,58-53-50-47-44-41-38-35-32-29-26-23-20-17-14-11-8-5-2)59-54-51-48-45-42-39-36-33-30-27-24-21-18-15-12-9-6-3/h4-54H2,1-3H3. The minimum Gasteiger partial charge on any atom is -0.334 e. The molecule has 0 unspecified atom stereocenters. The molecule has 0 saturated heterocycles. The summed E-state index contributed by atoms with van der Waals surface area (Å²) in [6.07, 6.45) is 68.6. The van der Waals surface area contributed by atoms with Gasteiger partial charge in [-0.3, -0.25) is 0 Å². The molecule has 0 spiro atoms. The molecule has 0 aliphatic heterocycles. The third kappa shape index (κ3) is 51.8. The Labute approximate surface area is 388 Å². The molecular formula is C54H111OPS3. The van der Waals surface area contributed by atoms with Crippen molar-refractivity contribution in [2.24, 2.45) is 0 Å². The smallest absolute Gasteiger partial charge is 0.174 e. The SMILES string of the molecule is CCCCCCCCCCCCCCCCCCOP(=S)(SCCCCCCCCCCCCCCCCCC)SCCCCCCCCCCCCCCCCCC. The zero-order valence-corrected chi connectivity index (χ0v) is 44.5. The van der Waals surface area contributed by atoms with Gasteiger partial charge in [0.15, 0.2) is 4.67 Å². The van der Waals surface area contributed by atoms with Crippen LogP contribution in [0.3, 0.4) is 0 Å². The normalized spacial score (nSPS) is 12.0. The van der Waals surface area contributed by atoms with Crippen molar-refractivity contribution in [2.45, 2.75) is 329 Å². The van der Waals surface area contributed by atoms with E-state index in [1.165, 1.54) is 320 Å². The molecule has 59 heavy (non-hydrogen) atoms. The fraction of sp³-hybridized carbons (Fsp3) is 1.00. The van der Waals surface area contributed by atoms with Gasteiger partial charge >= 0.3 is 0 Å². The Morgan fingerprint density at radius 1 is 0.254 bits per heavy atom. The molecule has 0 atom stereocenters. The van der Waals surface area contributed by atoms with Crippen LogP contribution in [0.1, 0.15) is 329 Å². The number of unbranched alkanes of at least 4 members (excludes halogenated alkanes) is 45. The molecule has 0 radical (unpaired) electrons. The molecule has 0 aliphatic rings. The molecule has 0 rings (SSSR count). The van der Waals surface area contributed by atoms with Crippen LogP contribution in [0.25, 0.3) is 0 Å². The van der Waals surface area contributed by atoms with Crippen LogP contribution in [0.15, 0.2) is 0 Å². The van der Waals surface area contributed by atoms with E-state index in [1.807, 2.05) is 0 Å². The Hall–Kier alpha value is 1.31. The van der Waals surface area contributed by atoms with Crippen molar-refractivity contribution in [1.82, 2.24) is 0 Å². The molecule has 0 aromatic carbocycles. The molecule has 0 saturated carbocycles. The molecule has 0 aromatic heterocycles. The molecule has 5 heteroatoms. The summed E-state index contributed by atoms with van der Waals surface area (Å²) < 4.78 is 4.84. The van der Waals surface area contributed by atoms with Gasteiger partial charge in [-0.1, -0.05) is 332 Å². The average Bonchev–Trinajstić information content (AvgIpc) is 3.24. The van der Waals surface area contributed by atoms with E-state index in [0.29, 0.717) is 0 Å². The Morgan fingerprint density at radius 3 is 0.627 bits per heavy atom. The molecule has 0 aliphatic carbocycles. The Balaban J connectivity index is 4.08. The molecule has 0 N–H and O–H groups in total.